The van der Waals surface area contributed by atoms with Gasteiger partial charge in [-0.15, -0.1) is 0 Å². The van der Waals surface area contributed by atoms with Crippen LogP contribution >= 0.6 is 0 Å². The summed E-state index contributed by atoms with van der Waals surface area (Å²) < 4.78 is 0. The minimum absolute atomic E-state index is 0.282. The minimum atomic E-state index is 0.282. The SMILES string of the molecule is CC(C)(C)C1=CCC(CCO)=CC1. The zero-order valence-electron chi connectivity index (χ0n) is 8.93. The van der Waals surface area contributed by atoms with Gasteiger partial charge in [-0.05, 0) is 24.7 Å². The van der Waals surface area contributed by atoms with Crippen molar-refractivity contribution < 1.29 is 5.11 Å². The number of hydrogen-bond donors (Lipinski definition) is 1. The van der Waals surface area contributed by atoms with E-state index in [1.54, 1.807) is 0 Å². The van der Waals surface area contributed by atoms with Crippen LogP contribution in [-0.2, 0) is 0 Å². The van der Waals surface area contributed by atoms with Crippen molar-refractivity contribution in [3.63, 3.8) is 0 Å². The lowest BCUT2D eigenvalue weighted by molar-refractivity contribution is 0.298. The third kappa shape index (κ3) is 3.00. The Balaban J connectivity index is 2.53. The molecule has 0 spiro atoms. The number of rotatable bonds is 2. The first-order valence-corrected chi connectivity index (χ1v) is 5.02. The standard InChI is InChI=1S/C12H20O/c1-12(2,3)11-6-4-10(5-7-11)8-9-13/h4,7,13H,5-6,8-9H2,1-3H3. The smallest absolute Gasteiger partial charge is 0.0468 e. The fourth-order valence-corrected chi connectivity index (χ4v) is 1.64. The third-order valence-corrected chi connectivity index (χ3v) is 2.62. The van der Waals surface area contributed by atoms with Crippen LogP contribution in [0, 0.1) is 5.41 Å². The van der Waals surface area contributed by atoms with E-state index >= 15 is 0 Å². The van der Waals surface area contributed by atoms with E-state index in [1.165, 1.54) is 11.1 Å². The number of aliphatic hydroxyl groups is 1. The molecule has 1 nitrogen and oxygen atoms in total. The van der Waals surface area contributed by atoms with Crippen LogP contribution in [0.1, 0.15) is 40.0 Å². The van der Waals surface area contributed by atoms with Crippen molar-refractivity contribution in [1.82, 2.24) is 0 Å². The summed E-state index contributed by atoms with van der Waals surface area (Å²) in [6.07, 6.45) is 7.54. The monoisotopic (exact) mass is 180 g/mol. The van der Waals surface area contributed by atoms with E-state index < -0.39 is 0 Å². The average Bonchev–Trinajstić information content (AvgIpc) is 2.04. The van der Waals surface area contributed by atoms with Crippen LogP contribution in [0.2, 0.25) is 0 Å². The second-order valence-corrected chi connectivity index (χ2v) is 4.72. The molecule has 0 unspecified atom stereocenters. The van der Waals surface area contributed by atoms with E-state index in [9.17, 15) is 0 Å². The highest BCUT2D eigenvalue weighted by molar-refractivity contribution is 5.25. The molecule has 0 saturated carbocycles. The van der Waals surface area contributed by atoms with Crippen molar-refractivity contribution in [3.05, 3.63) is 23.3 Å². The van der Waals surface area contributed by atoms with Crippen LogP contribution < -0.4 is 0 Å². The summed E-state index contributed by atoms with van der Waals surface area (Å²) in [7, 11) is 0. The van der Waals surface area contributed by atoms with Gasteiger partial charge >= 0.3 is 0 Å². The van der Waals surface area contributed by atoms with Crippen LogP contribution in [0.15, 0.2) is 23.3 Å². The zero-order chi connectivity index (χ0) is 9.90. The summed E-state index contributed by atoms with van der Waals surface area (Å²) in [6, 6.07) is 0. The maximum Gasteiger partial charge on any atom is 0.0468 e. The van der Waals surface area contributed by atoms with Crippen LogP contribution in [0.5, 0.6) is 0 Å². The van der Waals surface area contributed by atoms with Crippen LogP contribution in [-0.4, -0.2) is 11.7 Å². The van der Waals surface area contributed by atoms with Gasteiger partial charge in [0.05, 0.1) is 0 Å². The van der Waals surface area contributed by atoms with Crippen molar-refractivity contribution in [2.75, 3.05) is 6.61 Å². The van der Waals surface area contributed by atoms with Crippen molar-refractivity contribution in [1.29, 1.82) is 0 Å². The van der Waals surface area contributed by atoms with E-state index in [0.29, 0.717) is 5.41 Å². The molecule has 1 N–H and O–H groups in total. The Morgan fingerprint density at radius 3 is 2.31 bits per heavy atom. The molecule has 0 aliphatic heterocycles. The normalized spacial score (nSPS) is 18.2. The number of aliphatic hydroxyl groups excluding tert-OH is 1. The molecule has 0 aromatic rings. The highest BCUT2D eigenvalue weighted by Gasteiger charge is 2.17. The van der Waals surface area contributed by atoms with Gasteiger partial charge in [0.2, 0.25) is 0 Å². The molecular formula is C12H20O. The molecule has 0 bridgehead atoms. The molecule has 0 aromatic carbocycles. The maximum absolute atomic E-state index is 8.78. The fourth-order valence-electron chi connectivity index (χ4n) is 1.64. The fraction of sp³-hybridized carbons (Fsp3) is 0.667. The van der Waals surface area contributed by atoms with E-state index in [-0.39, 0.29) is 6.61 Å². The Morgan fingerprint density at radius 2 is 1.92 bits per heavy atom. The Labute approximate surface area is 81.2 Å². The number of hydrogen-bond acceptors (Lipinski definition) is 1. The summed E-state index contributed by atoms with van der Waals surface area (Å²) in [6.45, 7) is 7.04. The summed E-state index contributed by atoms with van der Waals surface area (Å²) in [5.41, 5.74) is 3.21. The zero-order valence-corrected chi connectivity index (χ0v) is 8.93. The Hall–Kier alpha value is -0.560. The third-order valence-electron chi connectivity index (χ3n) is 2.62. The molecule has 1 heteroatoms. The molecule has 1 aliphatic rings. The summed E-state index contributed by atoms with van der Waals surface area (Å²) in [5.74, 6) is 0. The summed E-state index contributed by atoms with van der Waals surface area (Å²) >= 11 is 0. The largest absolute Gasteiger partial charge is 0.396 e. The van der Waals surface area contributed by atoms with Crippen LogP contribution in [0.3, 0.4) is 0 Å². The molecule has 0 aromatic heterocycles. The van der Waals surface area contributed by atoms with E-state index in [4.69, 9.17) is 5.11 Å². The Morgan fingerprint density at radius 1 is 1.23 bits per heavy atom. The first kappa shape index (κ1) is 10.5. The molecule has 0 radical (unpaired) electrons. The first-order valence-electron chi connectivity index (χ1n) is 5.02. The van der Waals surface area contributed by atoms with Gasteiger partial charge in [0.1, 0.15) is 0 Å². The molecule has 0 atom stereocenters. The maximum atomic E-state index is 8.78. The highest BCUT2D eigenvalue weighted by Crippen LogP contribution is 2.32. The molecule has 0 saturated heterocycles. The lowest BCUT2D eigenvalue weighted by Gasteiger charge is -2.25. The van der Waals surface area contributed by atoms with E-state index in [1.807, 2.05) is 0 Å². The lowest BCUT2D eigenvalue weighted by atomic mass is 9.81. The molecule has 13 heavy (non-hydrogen) atoms. The van der Waals surface area contributed by atoms with Gasteiger partial charge in [0.25, 0.3) is 0 Å². The molecule has 1 aliphatic carbocycles. The van der Waals surface area contributed by atoms with Crippen molar-refractivity contribution in [2.45, 2.75) is 40.0 Å². The van der Waals surface area contributed by atoms with Gasteiger partial charge in [0, 0.05) is 6.61 Å². The predicted molar refractivity (Wildman–Crippen MR) is 56.6 cm³/mol. The predicted octanol–water partition coefficient (Wildman–Crippen LogP) is 3.06. The van der Waals surface area contributed by atoms with E-state index in [0.717, 1.165) is 19.3 Å². The van der Waals surface area contributed by atoms with Gasteiger partial charge in [0.15, 0.2) is 0 Å². The average molecular weight is 180 g/mol. The molecule has 74 valence electrons. The quantitative estimate of drug-likeness (QED) is 0.647. The topological polar surface area (TPSA) is 20.2 Å². The Kier molecular flexibility index (Phi) is 3.32. The van der Waals surface area contributed by atoms with Crippen LogP contribution in [0.4, 0.5) is 0 Å². The van der Waals surface area contributed by atoms with E-state index in [2.05, 4.69) is 32.9 Å². The molecule has 0 amide bonds. The van der Waals surface area contributed by atoms with Gasteiger partial charge in [-0.3, -0.25) is 0 Å². The summed E-state index contributed by atoms with van der Waals surface area (Å²) in [5, 5.41) is 8.78. The van der Waals surface area contributed by atoms with Gasteiger partial charge in [-0.25, -0.2) is 0 Å². The highest BCUT2D eigenvalue weighted by atomic mass is 16.2. The Bertz CT molecular complexity index is 228. The second kappa shape index (κ2) is 4.10. The minimum Gasteiger partial charge on any atom is -0.396 e. The van der Waals surface area contributed by atoms with Crippen molar-refractivity contribution in [3.8, 4) is 0 Å². The molecular weight excluding hydrogens is 160 g/mol. The first-order chi connectivity index (χ1) is 6.04. The van der Waals surface area contributed by atoms with Gasteiger partial charge < -0.3 is 5.11 Å². The van der Waals surface area contributed by atoms with Crippen LogP contribution in [0.25, 0.3) is 0 Å². The van der Waals surface area contributed by atoms with Crippen molar-refractivity contribution in [2.24, 2.45) is 5.41 Å². The second-order valence-electron chi connectivity index (χ2n) is 4.72. The lowest BCUT2D eigenvalue weighted by Crippen LogP contribution is -2.11. The summed E-state index contributed by atoms with van der Waals surface area (Å²) in [4.78, 5) is 0. The van der Waals surface area contributed by atoms with Gasteiger partial charge in [-0.2, -0.15) is 0 Å². The molecule has 1 rings (SSSR count). The van der Waals surface area contributed by atoms with Crippen molar-refractivity contribution >= 4 is 0 Å². The van der Waals surface area contributed by atoms with Gasteiger partial charge in [-0.1, -0.05) is 44.1 Å². The number of allylic oxidation sites excluding steroid dienone is 3. The molecule has 0 fully saturated rings. The molecule has 0 heterocycles.